The van der Waals surface area contributed by atoms with Crippen LogP contribution in [0.1, 0.15) is 50.9 Å². The van der Waals surface area contributed by atoms with E-state index in [0.717, 1.165) is 11.1 Å². The van der Waals surface area contributed by atoms with Gasteiger partial charge in [-0.05, 0) is 48.2 Å². The Bertz CT molecular complexity index is 790. The van der Waals surface area contributed by atoms with Crippen LogP contribution in [0, 0.1) is 5.92 Å². The summed E-state index contributed by atoms with van der Waals surface area (Å²) in [6.07, 6.45) is 0. The van der Waals surface area contributed by atoms with Crippen LogP contribution in [0.25, 0.3) is 0 Å². The maximum atomic E-state index is 12.5. The molecule has 0 saturated carbocycles. The molecule has 0 aromatic heterocycles. The van der Waals surface area contributed by atoms with Crippen molar-refractivity contribution in [2.45, 2.75) is 39.8 Å². The first-order valence-corrected chi connectivity index (χ1v) is 9.34. The Hall–Kier alpha value is -2.53. The molecule has 3 amide bonds. The van der Waals surface area contributed by atoms with Gasteiger partial charge in [0.05, 0.1) is 12.1 Å². The summed E-state index contributed by atoms with van der Waals surface area (Å²) in [5, 5.41) is 9.40. The van der Waals surface area contributed by atoms with E-state index < -0.39 is 0 Å². The van der Waals surface area contributed by atoms with Gasteiger partial charge in [-0.15, -0.1) is 0 Å². The summed E-state index contributed by atoms with van der Waals surface area (Å²) in [4.78, 5) is 23.7. The van der Waals surface area contributed by atoms with Crippen LogP contribution in [0.3, 0.4) is 0 Å². The first-order chi connectivity index (χ1) is 12.8. The zero-order valence-corrected chi connectivity index (χ0v) is 16.8. The van der Waals surface area contributed by atoms with Gasteiger partial charge in [-0.25, -0.2) is 4.79 Å². The minimum absolute atomic E-state index is 0.125. The smallest absolute Gasteiger partial charge is 0.315 e. The Morgan fingerprint density at radius 2 is 1.59 bits per heavy atom. The maximum Gasteiger partial charge on any atom is 0.315 e. The van der Waals surface area contributed by atoms with Crippen molar-refractivity contribution in [1.29, 1.82) is 0 Å². The number of urea groups is 1. The quantitative estimate of drug-likeness (QED) is 0.648. The van der Waals surface area contributed by atoms with Crippen LogP contribution in [0.2, 0.25) is 5.02 Å². The molecule has 0 aliphatic heterocycles. The highest BCUT2D eigenvalue weighted by Crippen LogP contribution is 2.23. The number of carbonyl (C=O) groups is 2. The Morgan fingerprint density at radius 1 is 0.926 bits per heavy atom. The molecule has 0 heterocycles. The molecule has 2 aromatic carbocycles. The predicted molar refractivity (Wildman–Crippen MR) is 110 cm³/mol. The van der Waals surface area contributed by atoms with Crippen molar-refractivity contribution in [2.24, 2.45) is 5.92 Å². The number of rotatable bonds is 6. The van der Waals surface area contributed by atoms with Crippen LogP contribution < -0.4 is 16.0 Å². The molecule has 0 fully saturated rings. The van der Waals surface area contributed by atoms with Gasteiger partial charge in [0.1, 0.15) is 0 Å². The highest BCUT2D eigenvalue weighted by atomic mass is 35.5. The lowest BCUT2D eigenvalue weighted by atomic mass is 9.96. The molecule has 6 heteroatoms. The third kappa shape index (κ3) is 6.29. The van der Waals surface area contributed by atoms with Gasteiger partial charge in [0.25, 0.3) is 0 Å². The third-order valence-electron chi connectivity index (χ3n) is 4.24. The lowest BCUT2D eigenvalue weighted by molar-refractivity contribution is -0.114. The van der Waals surface area contributed by atoms with Crippen molar-refractivity contribution >= 4 is 29.2 Å². The second-order valence-electron chi connectivity index (χ2n) is 6.92. The number of hydrogen-bond donors (Lipinski definition) is 3. The monoisotopic (exact) mass is 387 g/mol. The number of halogens is 1. The van der Waals surface area contributed by atoms with Crippen molar-refractivity contribution in [3.63, 3.8) is 0 Å². The SMILES string of the molecule is CC(=O)Nc1cccc(C(C)NC(=O)NC(c2ccc(Cl)cc2)C(C)C)c1. The molecule has 2 rings (SSSR count). The maximum absolute atomic E-state index is 12.5. The van der Waals surface area contributed by atoms with Crippen molar-refractivity contribution in [3.8, 4) is 0 Å². The Kier molecular flexibility index (Phi) is 7.25. The van der Waals surface area contributed by atoms with E-state index in [0.29, 0.717) is 10.7 Å². The minimum atomic E-state index is -0.249. The molecule has 0 aliphatic rings. The highest BCUT2D eigenvalue weighted by molar-refractivity contribution is 6.30. The predicted octanol–water partition coefficient (Wildman–Crippen LogP) is 5.06. The van der Waals surface area contributed by atoms with E-state index in [9.17, 15) is 9.59 Å². The fourth-order valence-electron chi connectivity index (χ4n) is 2.86. The van der Waals surface area contributed by atoms with E-state index >= 15 is 0 Å². The van der Waals surface area contributed by atoms with Gasteiger partial charge in [-0.3, -0.25) is 4.79 Å². The number of hydrogen-bond acceptors (Lipinski definition) is 2. The van der Waals surface area contributed by atoms with Crippen molar-refractivity contribution < 1.29 is 9.59 Å². The normalized spacial score (nSPS) is 13.0. The summed E-state index contributed by atoms with van der Waals surface area (Å²) < 4.78 is 0. The average Bonchev–Trinajstić information content (AvgIpc) is 2.60. The molecule has 0 aliphatic carbocycles. The van der Waals surface area contributed by atoms with Crippen LogP contribution in [-0.4, -0.2) is 11.9 Å². The molecule has 0 bridgehead atoms. The van der Waals surface area contributed by atoms with E-state index in [1.807, 2.05) is 55.5 Å². The molecular weight excluding hydrogens is 362 g/mol. The van der Waals surface area contributed by atoms with Crippen molar-refractivity contribution in [3.05, 3.63) is 64.7 Å². The molecule has 2 atom stereocenters. The van der Waals surface area contributed by atoms with E-state index in [2.05, 4.69) is 29.8 Å². The zero-order chi connectivity index (χ0) is 20.0. The molecule has 0 spiro atoms. The second-order valence-corrected chi connectivity index (χ2v) is 7.36. The molecule has 27 heavy (non-hydrogen) atoms. The van der Waals surface area contributed by atoms with Gasteiger partial charge >= 0.3 is 6.03 Å². The Labute approximate surface area is 165 Å². The fourth-order valence-corrected chi connectivity index (χ4v) is 2.98. The first kappa shape index (κ1) is 20.8. The van der Waals surface area contributed by atoms with Crippen LogP contribution in [0.4, 0.5) is 10.5 Å². The Morgan fingerprint density at radius 3 is 2.19 bits per heavy atom. The summed E-state index contributed by atoms with van der Waals surface area (Å²) >= 11 is 5.96. The molecule has 144 valence electrons. The van der Waals surface area contributed by atoms with Crippen LogP contribution in [-0.2, 0) is 4.79 Å². The summed E-state index contributed by atoms with van der Waals surface area (Å²) in [7, 11) is 0. The van der Waals surface area contributed by atoms with Crippen LogP contribution in [0.5, 0.6) is 0 Å². The second kappa shape index (κ2) is 9.42. The van der Waals surface area contributed by atoms with E-state index in [4.69, 9.17) is 11.6 Å². The van der Waals surface area contributed by atoms with E-state index in [1.165, 1.54) is 6.92 Å². The van der Waals surface area contributed by atoms with E-state index in [1.54, 1.807) is 0 Å². The zero-order valence-electron chi connectivity index (χ0n) is 16.0. The van der Waals surface area contributed by atoms with E-state index in [-0.39, 0.29) is 29.9 Å². The highest BCUT2D eigenvalue weighted by Gasteiger charge is 2.19. The molecule has 2 aromatic rings. The van der Waals surface area contributed by atoms with Crippen LogP contribution in [0.15, 0.2) is 48.5 Å². The van der Waals surface area contributed by atoms with Gasteiger partial charge in [0, 0.05) is 17.6 Å². The molecule has 0 saturated heterocycles. The molecule has 0 radical (unpaired) electrons. The topological polar surface area (TPSA) is 70.2 Å². The standard InChI is InChI=1S/C21H26ClN3O2/c1-13(2)20(16-8-10-18(22)11-9-16)25-21(27)23-14(3)17-6-5-7-19(12-17)24-15(4)26/h5-14,20H,1-4H3,(H,24,26)(H2,23,25,27). The number of benzene rings is 2. The molecular formula is C21H26ClN3O2. The van der Waals surface area contributed by atoms with Crippen LogP contribution >= 0.6 is 11.6 Å². The number of anilines is 1. The van der Waals surface area contributed by atoms with Gasteiger partial charge in [-0.2, -0.15) is 0 Å². The first-order valence-electron chi connectivity index (χ1n) is 8.96. The fraction of sp³-hybridized carbons (Fsp3) is 0.333. The summed E-state index contributed by atoms with van der Waals surface area (Å²) in [5.74, 6) is 0.0866. The molecule has 5 nitrogen and oxygen atoms in total. The lowest BCUT2D eigenvalue weighted by Gasteiger charge is -2.25. The number of amides is 3. The number of nitrogens with one attached hydrogen (secondary N) is 3. The molecule has 2 unspecified atom stereocenters. The minimum Gasteiger partial charge on any atom is -0.332 e. The molecule has 3 N–H and O–H groups in total. The summed E-state index contributed by atoms with van der Waals surface area (Å²) in [5.41, 5.74) is 2.61. The third-order valence-corrected chi connectivity index (χ3v) is 4.49. The summed E-state index contributed by atoms with van der Waals surface area (Å²) in [6, 6.07) is 14.3. The lowest BCUT2D eigenvalue weighted by Crippen LogP contribution is -2.40. The average molecular weight is 388 g/mol. The Balaban J connectivity index is 2.04. The number of carbonyl (C=O) groups excluding carboxylic acids is 2. The van der Waals surface area contributed by atoms with Crippen molar-refractivity contribution in [2.75, 3.05) is 5.32 Å². The summed E-state index contributed by atoms with van der Waals surface area (Å²) in [6.45, 7) is 7.48. The van der Waals surface area contributed by atoms with Gasteiger partial charge in [0.15, 0.2) is 0 Å². The van der Waals surface area contributed by atoms with Gasteiger partial charge in [0.2, 0.25) is 5.91 Å². The van der Waals surface area contributed by atoms with Crippen molar-refractivity contribution in [1.82, 2.24) is 10.6 Å². The van der Waals surface area contributed by atoms with Gasteiger partial charge in [-0.1, -0.05) is 49.7 Å². The van der Waals surface area contributed by atoms with Gasteiger partial charge < -0.3 is 16.0 Å². The largest absolute Gasteiger partial charge is 0.332 e.